The fourth-order valence-corrected chi connectivity index (χ4v) is 7.12. The average molecular weight is 849 g/mol. The number of aryl methyl sites for hydroxylation is 1. The van der Waals surface area contributed by atoms with Gasteiger partial charge in [0, 0.05) is 50.4 Å². The Balaban J connectivity index is 1.24. The minimum Gasteiger partial charge on any atom is -0.395 e. The van der Waals surface area contributed by atoms with Crippen molar-refractivity contribution < 1.29 is 33.4 Å². The number of nitrogens with zero attached hydrogens (tertiary/aromatic N) is 8. The molecule has 0 unspecified atom stereocenters. The van der Waals surface area contributed by atoms with E-state index in [-0.39, 0.29) is 93.3 Å². The van der Waals surface area contributed by atoms with Gasteiger partial charge in [0.15, 0.2) is 0 Å². The first-order valence-electron chi connectivity index (χ1n) is 19.5. The molecule has 0 fully saturated rings. The van der Waals surface area contributed by atoms with Crippen LogP contribution in [-0.2, 0) is 23.0 Å². The van der Waals surface area contributed by atoms with E-state index in [1.165, 1.54) is 6.07 Å². The van der Waals surface area contributed by atoms with Crippen molar-refractivity contribution >= 4 is 57.4 Å². The summed E-state index contributed by atoms with van der Waals surface area (Å²) in [5.41, 5.74) is 4.77. The molecule has 6 aromatic rings. The standard InChI is InChI=1S/C43H48N10O7S/c1-30-26-36(45-41-49-40(44-35-10-6-3-7-11-35)50-43(51-41)53(20-24-56)21-25-57)17-16-33(30)14-15-34-13-12-32(27-37(34)61(58,59)60)29-39-46-38(28-31-8-4-2-5-9-31)47-42(48-39)52(18-22-54)19-23-55/h2-17,26-27,54-57H,18-25,28-29H2,1H3,(H,58,59,60)(H2,44,45,49,50,51)/b15-14+. The molecule has 18 heteroatoms. The number of aliphatic hydroxyl groups is 4. The summed E-state index contributed by atoms with van der Waals surface area (Å²) in [7, 11) is -4.66. The third kappa shape index (κ3) is 12.6. The Labute approximate surface area is 354 Å². The van der Waals surface area contributed by atoms with E-state index >= 15 is 0 Å². The molecule has 17 nitrogen and oxygen atoms in total. The first kappa shape index (κ1) is 44.2. The Bertz CT molecular complexity index is 2500. The van der Waals surface area contributed by atoms with Gasteiger partial charge in [-0.25, -0.2) is 4.98 Å². The van der Waals surface area contributed by atoms with E-state index in [0.29, 0.717) is 29.3 Å². The number of nitrogens with one attached hydrogen (secondary N) is 2. The number of aromatic nitrogens is 6. The minimum atomic E-state index is -4.66. The normalized spacial score (nSPS) is 11.5. The van der Waals surface area contributed by atoms with E-state index < -0.39 is 10.1 Å². The zero-order chi connectivity index (χ0) is 43.2. The molecule has 0 bridgehead atoms. The van der Waals surface area contributed by atoms with Gasteiger partial charge >= 0.3 is 0 Å². The summed E-state index contributed by atoms with van der Waals surface area (Å²) in [6.45, 7) is 1.95. The van der Waals surface area contributed by atoms with Gasteiger partial charge < -0.3 is 40.9 Å². The highest BCUT2D eigenvalue weighted by molar-refractivity contribution is 7.86. The maximum absolute atomic E-state index is 12.7. The van der Waals surface area contributed by atoms with Gasteiger partial charge in [-0.05, 0) is 65.1 Å². The lowest BCUT2D eigenvalue weighted by molar-refractivity contribution is 0.279. The van der Waals surface area contributed by atoms with Crippen LogP contribution in [0.3, 0.4) is 0 Å². The van der Waals surface area contributed by atoms with E-state index in [1.807, 2.05) is 85.8 Å². The summed E-state index contributed by atoms with van der Waals surface area (Å²) in [4.78, 5) is 30.5. The molecule has 2 aromatic heterocycles. The van der Waals surface area contributed by atoms with Crippen LogP contribution in [0, 0.1) is 6.92 Å². The third-order valence-corrected chi connectivity index (χ3v) is 10.2. The Morgan fingerprint density at radius 1 is 0.557 bits per heavy atom. The summed E-state index contributed by atoms with van der Waals surface area (Å²) in [6, 6.07) is 29.2. The number of anilines is 6. The molecule has 0 atom stereocenters. The van der Waals surface area contributed by atoms with Crippen molar-refractivity contribution in [2.45, 2.75) is 24.7 Å². The SMILES string of the molecule is Cc1cc(Nc2nc(Nc3ccccc3)nc(N(CCO)CCO)n2)ccc1/C=C/c1ccc(Cc2nc(Cc3ccccc3)nc(N(CCO)CCO)n2)cc1S(=O)(=O)O. The molecule has 0 amide bonds. The fraction of sp³-hybridized carbons (Fsp3) is 0.256. The van der Waals surface area contributed by atoms with Gasteiger partial charge in [-0.2, -0.15) is 33.3 Å². The van der Waals surface area contributed by atoms with Gasteiger partial charge in [-0.3, -0.25) is 4.55 Å². The fourth-order valence-electron chi connectivity index (χ4n) is 6.39. The van der Waals surface area contributed by atoms with Crippen LogP contribution in [0.1, 0.15) is 39.5 Å². The summed E-state index contributed by atoms with van der Waals surface area (Å²) in [6.07, 6.45) is 3.86. The molecule has 0 spiro atoms. The second-order valence-electron chi connectivity index (χ2n) is 13.8. The molecule has 4 aromatic carbocycles. The molecule has 61 heavy (non-hydrogen) atoms. The van der Waals surface area contributed by atoms with Crippen LogP contribution < -0.4 is 20.4 Å². The maximum atomic E-state index is 12.7. The summed E-state index contributed by atoms with van der Waals surface area (Å²) in [5.74, 6) is 1.81. The highest BCUT2D eigenvalue weighted by Crippen LogP contribution is 2.26. The highest BCUT2D eigenvalue weighted by atomic mass is 32.2. The summed E-state index contributed by atoms with van der Waals surface area (Å²) >= 11 is 0. The predicted octanol–water partition coefficient (Wildman–Crippen LogP) is 4.03. The zero-order valence-corrected chi connectivity index (χ0v) is 34.3. The quantitative estimate of drug-likeness (QED) is 0.0399. The van der Waals surface area contributed by atoms with E-state index in [2.05, 4.69) is 40.5 Å². The third-order valence-electron chi connectivity index (χ3n) is 9.31. The second-order valence-corrected chi connectivity index (χ2v) is 15.2. The van der Waals surface area contributed by atoms with Crippen LogP contribution in [0.25, 0.3) is 12.2 Å². The van der Waals surface area contributed by atoms with Crippen molar-refractivity contribution in [1.29, 1.82) is 0 Å². The van der Waals surface area contributed by atoms with Crippen LogP contribution >= 0.6 is 0 Å². The maximum Gasteiger partial charge on any atom is 0.295 e. The van der Waals surface area contributed by atoms with Crippen LogP contribution in [0.2, 0.25) is 0 Å². The lowest BCUT2D eigenvalue weighted by Gasteiger charge is -2.21. The molecule has 7 N–H and O–H groups in total. The van der Waals surface area contributed by atoms with Crippen LogP contribution in [0.15, 0.2) is 102 Å². The van der Waals surface area contributed by atoms with Crippen LogP contribution in [0.5, 0.6) is 0 Å². The largest absolute Gasteiger partial charge is 0.395 e. The van der Waals surface area contributed by atoms with Crippen molar-refractivity contribution in [3.05, 3.63) is 137 Å². The molecule has 0 saturated carbocycles. The molecular weight excluding hydrogens is 801 g/mol. The van der Waals surface area contributed by atoms with Crippen LogP contribution in [0.4, 0.5) is 35.2 Å². The lowest BCUT2D eigenvalue weighted by atomic mass is 10.0. The molecule has 0 saturated heterocycles. The van der Waals surface area contributed by atoms with Gasteiger partial charge in [-0.15, -0.1) is 0 Å². The molecule has 0 radical (unpaired) electrons. The average Bonchev–Trinajstić information content (AvgIpc) is 3.24. The van der Waals surface area contributed by atoms with Crippen molar-refractivity contribution in [1.82, 2.24) is 29.9 Å². The smallest absolute Gasteiger partial charge is 0.295 e. The number of para-hydroxylation sites is 1. The van der Waals surface area contributed by atoms with E-state index in [4.69, 9.17) is 0 Å². The first-order valence-corrected chi connectivity index (χ1v) is 20.9. The van der Waals surface area contributed by atoms with Crippen LogP contribution in [-0.4, -0.2) is 116 Å². The molecule has 0 aliphatic carbocycles. The zero-order valence-electron chi connectivity index (χ0n) is 33.5. The van der Waals surface area contributed by atoms with Gasteiger partial charge in [-0.1, -0.05) is 78.9 Å². The highest BCUT2D eigenvalue weighted by Gasteiger charge is 2.19. The monoisotopic (exact) mass is 848 g/mol. The van der Waals surface area contributed by atoms with E-state index in [1.54, 1.807) is 34.1 Å². The Morgan fingerprint density at radius 3 is 1.62 bits per heavy atom. The van der Waals surface area contributed by atoms with Crippen molar-refractivity contribution in [2.75, 3.05) is 73.0 Å². The van der Waals surface area contributed by atoms with E-state index in [9.17, 15) is 33.4 Å². The summed E-state index contributed by atoms with van der Waals surface area (Å²) < 4.78 is 35.8. The van der Waals surface area contributed by atoms with Crippen molar-refractivity contribution in [3.8, 4) is 0 Å². The number of hydrogen-bond acceptors (Lipinski definition) is 16. The minimum absolute atomic E-state index is 0.108. The Hall–Kier alpha value is -6.41. The van der Waals surface area contributed by atoms with Crippen molar-refractivity contribution in [3.63, 3.8) is 0 Å². The molecule has 0 aliphatic heterocycles. The molecule has 0 aliphatic rings. The second kappa shape index (κ2) is 21.2. The van der Waals surface area contributed by atoms with Gasteiger partial charge in [0.25, 0.3) is 10.1 Å². The Kier molecular flexibility index (Phi) is 15.4. The van der Waals surface area contributed by atoms with Gasteiger partial charge in [0.1, 0.15) is 16.5 Å². The lowest BCUT2D eigenvalue weighted by Crippen LogP contribution is -2.32. The first-order chi connectivity index (χ1) is 29.5. The number of rotatable bonds is 21. The number of benzene rings is 4. The summed E-state index contributed by atoms with van der Waals surface area (Å²) in [5, 5.41) is 45.0. The van der Waals surface area contributed by atoms with Gasteiger partial charge in [0.2, 0.25) is 23.8 Å². The van der Waals surface area contributed by atoms with Gasteiger partial charge in [0.05, 0.1) is 26.4 Å². The predicted molar refractivity (Wildman–Crippen MR) is 234 cm³/mol. The Morgan fingerprint density at radius 2 is 1.07 bits per heavy atom. The molecule has 6 rings (SSSR count). The molecule has 2 heterocycles. The van der Waals surface area contributed by atoms with E-state index in [0.717, 1.165) is 22.4 Å². The topological polar surface area (TPSA) is 243 Å². The number of aliphatic hydroxyl groups excluding tert-OH is 4. The number of hydrogen-bond donors (Lipinski definition) is 7. The molecule has 318 valence electrons. The van der Waals surface area contributed by atoms with Crippen molar-refractivity contribution in [2.24, 2.45) is 0 Å². The molecular formula is C43H48N10O7S.